The van der Waals surface area contributed by atoms with Crippen LogP contribution in [-0.2, 0) is 11.3 Å². The van der Waals surface area contributed by atoms with Gasteiger partial charge in [-0.1, -0.05) is 12.1 Å². The molecule has 2 atom stereocenters. The lowest BCUT2D eigenvalue weighted by molar-refractivity contribution is 0.0102. The van der Waals surface area contributed by atoms with Gasteiger partial charge in [0.15, 0.2) is 0 Å². The van der Waals surface area contributed by atoms with Gasteiger partial charge in [0.1, 0.15) is 5.75 Å². The minimum absolute atomic E-state index is 0. The van der Waals surface area contributed by atoms with Crippen LogP contribution < -0.4 is 10.5 Å². The van der Waals surface area contributed by atoms with Crippen LogP contribution in [-0.4, -0.2) is 43.9 Å². The predicted molar refractivity (Wildman–Crippen MR) is 88.1 cm³/mol. The molecule has 1 saturated heterocycles. The van der Waals surface area contributed by atoms with Crippen molar-refractivity contribution < 1.29 is 9.47 Å². The minimum Gasteiger partial charge on any atom is -0.494 e. The Morgan fingerprint density at radius 2 is 2.19 bits per heavy atom. The van der Waals surface area contributed by atoms with Gasteiger partial charge in [0.05, 0.1) is 12.7 Å². The maximum Gasteiger partial charge on any atom is 0.119 e. The van der Waals surface area contributed by atoms with E-state index in [1.165, 1.54) is 5.56 Å². The van der Waals surface area contributed by atoms with Crippen molar-refractivity contribution in [2.45, 2.75) is 38.5 Å². The third-order valence-corrected chi connectivity index (χ3v) is 3.99. The quantitative estimate of drug-likeness (QED) is 0.876. The number of nitrogens with zero attached hydrogens (tertiary/aromatic N) is 1. The molecule has 0 saturated carbocycles. The van der Waals surface area contributed by atoms with Gasteiger partial charge in [-0.25, -0.2) is 0 Å². The van der Waals surface area contributed by atoms with Crippen LogP contribution in [0.15, 0.2) is 24.3 Å². The summed E-state index contributed by atoms with van der Waals surface area (Å²) in [5.41, 5.74) is 7.20. The molecular weight excluding hydrogens is 288 g/mol. The fourth-order valence-electron chi connectivity index (χ4n) is 2.87. The molecule has 0 aromatic heterocycles. The van der Waals surface area contributed by atoms with Crippen LogP contribution in [0.4, 0.5) is 0 Å². The van der Waals surface area contributed by atoms with Crippen LogP contribution >= 0.6 is 12.4 Å². The van der Waals surface area contributed by atoms with Gasteiger partial charge in [-0.15, -0.1) is 12.4 Å². The van der Waals surface area contributed by atoms with E-state index in [4.69, 9.17) is 15.2 Å². The number of ether oxygens (including phenoxy) is 2. The van der Waals surface area contributed by atoms with Crippen LogP contribution in [0.3, 0.4) is 0 Å². The molecule has 0 radical (unpaired) electrons. The van der Waals surface area contributed by atoms with Crippen molar-refractivity contribution >= 4 is 12.4 Å². The number of hydrogen-bond acceptors (Lipinski definition) is 4. The molecule has 120 valence electrons. The first-order valence-corrected chi connectivity index (χ1v) is 7.45. The van der Waals surface area contributed by atoms with E-state index >= 15 is 0 Å². The Hall–Kier alpha value is -0.810. The SMILES string of the molecule is CCOc1cccc(CN2CCC(OC)CC2CN)c1.Cl. The number of benzene rings is 1. The summed E-state index contributed by atoms with van der Waals surface area (Å²) in [5.74, 6) is 0.945. The standard InChI is InChI=1S/C16H26N2O2.ClH/c1-3-20-16-6-4-5-13(9-16)12-18-8-7-15(19-2)10-14(18)11-17;/h4-6,9,14-15H,3,7-8,10-12,17H2,1-2H3;1H. The first-order chi connectivity index (χ1) is 9.76. The van der Waals surface area contributed by atoms with Crippen molar-refractivity contribution in [2.75, 3.05) is 26.8 Å². The van der Waals surface area contributed by atoms with Gasteiger partial charge in [-0.05, 0) is 37.5 Å². The van der Waals surface area contributed by atoms with Gasteiger partial charge in [-0.2, -0.15) is 0 Å². The maximum absolute atomic E-state index is 5.92. The number of methoxy groups -OCH3 is 1. The molecule has 1 aliphatic heterocycles. The van der Waals surface area contributed by atoms with Crippen molar-refractivity contribution in [1.29, 1.82) is 0 Å². The second-order valence-electron chi connectivity index (χ2n) is 5.32. The average molecular weight is 315 g/mol. The van der Waals surface area contributed by atoms with E-state index in [1.54, 1.807) is 7.11 Å². The van der Waals surface area contributed by atoms with Crippen LogP contribution in [0.2, 0.25) is 0 Å². The summed E-state index contributed by atoms with van der Waals surface area (Å²) in [6.45, 7) is 5.37. The highest BCUT2D eigenvalue weighted by Crippen LogP contribution is 2.22. The van der Waals surface area contributed by atoms with E-state index in [2.05, 4.69) is 23.1 Å². The number of likely N-dealkylation sites (tertiary alicyclic amines) is 1. The molecule has 5 heteroatoms. The van der Waals surface area contributed by atoms with E-state index in [9.17, 15) is 0 Å². The normalized spacial score (nSPS) is 22.6. The van der Waals surface area contributed by atoms with Crippen molar-refractivity contribution in [1.82, 2.24) is 4.90 Å². The van der Waals surface area contributed by atoms with Gasteiger partial charge < -0.3 is 15.2 Å². The van der Waals surface area contributed by atoms with Gasteiger partial charge in [0.2, 0.25) is 0 Å². The average Bonchev–Trinajstić information content (AvgIpc) is 2.48. The Labute approximate surface area is 134 Å². The summed E-state index contributed by atoms with van der Waals surface area (Å²) in [7, 11) is 1.79. The van der Waals surface area contributed by atoms with Gasteiger partial charge in [0.25, 0.3) is 0 Å². The summed E-state index contributed by atoms with van der Waals surface area (Å²) in [4.78, 5) is 2.46. The van der Waals surface area contributed by atoms with E-state index < -0.39 is 0 Å². The molecule has 0 aliphatic carbocycles. The third-order valence-electron chi connectivity index (χ3n) is 3.99. The molecule has 2 N–H and O–H groups in total. The van der Waals surface area contributed by atoms with Gasteiger partial charge in [-0.3, -0.25) is 4.90 Å². The minimum atomic E-state index is 0. The van der Waals surface area contributed by atoms with E-state index in [1.807, 2.05) is 13.0 Å². The second-order valence-corrected chi connectivity index (χ2v) is 5.32. The first-order valence-electron chi connectivity index (χ1n) is 7.45. The van der Waals surface area contributed by atoms with Crippen molar-refractivity contribution in [3.8, 4) is 5.75 Å². The Bertz CT molecular complexity index is 417. The number of piperidine rings is 1. The molecule has 0 spiro atoms. The van der Waals surface area contributed by atoms with E-state index in [0.717, 1.165) is 31.7 Å². The fraction of sp³-hybridized carbons (Fsp3) is 0.625. The molecule has 0 amide bonds. The summed E-state index contributed by atoms with van der Waals surface area (Å²) >= 11 is 0. The third kappa shape index (κ3) is 5.15. The molecule has 2 rings (SSSR count). The van der Waals surface area contributed by atoms with E-state index in [0.29, 0.717) is 25.3 Å². The molecule has 2 unspecified atom stereocenters. The highest BCUT2D eigenvalue weighted by Gasteiger charge is 2.27. The molecule has 1 heterocycles. The molecule has 4 nitrogen and oxygen atoms in total. The number of nitrogens with two attached hydrogens (primary N) is 1. The number of halogens is 1. The summed E-state index contributed by atoms with van der Waals surface area (Å²) in [5, 5.41) is 0. The smallest absolute Gasteiger partial charge is 0.119 e. The zero-order valence-electron chi connectivity index (χ0n) is 13.0. The lowest BCUT2D eigenvalue weighted by Crippen LogP contribution is -2.47. The largest absolute Gasteiger partial charge is 0.494 e. The molecule has 0 bridgehead atoms. The highest BCUT2D eigenvalue weighted by molar-refractivity contribution is 5.85. The maximum atomic E-state index is 5.92. The topological polar surface area (TPSA) is 47.7 Å². The number of rotatable bonds is 6. The fourth-order valence-corrected chi connectivity index (χ4v) is 2.87. The molecule has 1 aromatic carbocycles. The van der Waals surface area contributed by atoms with Crippen LogP contribution in [0, 0.1) is 0 Å². The van der Waals surface area contributed by atoms with Crippen LogP contribution in [0.25, 0.3) is 0 Å². The first kappa shape index (κ1) is 18.2. The predicted octanol–water partition coefficient (Wildman–Crippen LogP) is 2.45. The summed E-state index contributed by atoms with van der Waals surface area (Å²) in [6, 6.07) is 8.74. The van der Waals surface area contributed by atoms with Gasteiger partial charge in [0, 0.05) is 32.8 Å². The van der Waals surface area contributed by atoms with Crippen LogP contribution in [0.1, 0.15) is 25.3 Å². The van der Waals surface area contributed by atoms with Crippen molar-refractivity contribution in [3.63, 3.8) is 0 Å². The zero-order valence-corrected chi connectivity index (χ0v) is 13.8. The zero-order chi connectivity index (χ0) is 14.4. The molecule has 1 aliphatic rings. The Morgan fingerprint density at radius 1 is 1.38 bits per heavy atom. The monoisotopic (exact) mass is 314 g/mol. The Balaban J connectivity index is 0.00000220. The molecule has 21 heavy (non-hydrogen) atoms. The summed E-state index contributed by atoms with van der Waals surface area (Å²) in [6.07, 6.45) is 2.46. The molecule has 1 fully saturated rings. The lowest BCUT2D eigenvalue weighted by atomic mass is 9.98. The number of hydrogen-bond donors (Lipinski definition) is 1. The lowest BCUT2D eigenvalue weighted by Gasteiger charge is -2.38. The van der Waals surface area contributed by atoms with Gasteiger partial charge >= 0.3 is 0 Å². The summed E-state index contributed by atoms with van der Waals surface area (Å²) < 4.78 is 11.0. The molecular formula is C16H27ClN2O2. The Morgan fingerprint density at radius 3 is 2.86 bits per heavy atom. The highest BCUT2D eigenvalue weighted by atomic mass is 35.5. The second kappa shape index (κ2) is 9.26. The van der Waals surface area contributed by atoms with Crippen LogP contribution in [0.5, 0.6) is 5.75 Å². The van der Waals surface area contributed by atoms with Crippen molar-refractivity contribution in [3.05, 3.63) is 29.8 Å². The van der Waals surface area contributed by atoms with Crippen molar-refractivity contribution in [2.24, 2.45) is 5.73 Å². The molecule has 1 aromatic rings. The van der Waals surface area contributed by atoms with E-state index in [-0.39, 0.29) is 12.4 Å². The Kier molecular flexibility index (Phi) is 8.04.